The average Bonchev–Trinajstić information content (AvgIpc) is 3.24. The van der Waals surface area contributed by atoms with Gasteiger partial charge in [-0.2, -0.15) is 0 Å². The van der Waals surface area contributed by atoms with E-state index in [1.807, 2.05) is 24.3 Å². The van der Waals surface area contributed by atoms with Gasteiger partial charge >= 0.3 is 0 Å². The van der Waals surface area contributed by atoms with E-state index in [1.165, 1.54) is 0 Å². The van der Waals surface area contributed by atoms with Crippen molar-refractivity contribution < 1.29 is 14.0 Å². The van der Waals surface area contributed by atoms with Crippen molar-refractivity contribution in [2.75, 3.05) is 11.1 Å². The molecule has 0 radical (unpaired) electrons. The molecule has 1 amide bonds. The Hall–Kier alpha value is -2.16. The Labute approximate surface area is 171 Å². The van der Waals surface area contributed by atoms with Crippen LogP contribution in [0.2, 0.25) is 5.02 Å². The molecular weight excluding hydrogens is 454 g/mol. The summed E-state index contributed by atoms with van der Waals surface area (Å²) >= 11 is 10.7. The van der Waals surface area contributed by atoms with Crippen LogP contribution in [0.5, 0.6) is 0 Å². The number of thioether (sulfide) groups is 1. The van der Waals surface area contributed by atoms with Crippen LogP contribution in [0, 0.1) is 0 Å². The van der Waals surface area contributed by atoms with E-state index in [1.54, 1.807) is 12.1 Å². The van der Waals surface area contributed by atoms with E-state index in [4.69, 9.17) is 16.0 Å². The fourth-order valence-electron chi connectivity index (χ4n) is 2.67. The minimum absolute atomic E-state index is 0.0972. The van der Waals surface area contributed by atoms with Crippen LogP contribution >= 0.6 is 39.3 Å². The number of benzene rings is 2. The third-order valence-electron chi connectivity index (χ3n) is 3.92. The number of fused-ring (bicyclic) bond motifs is 1. The summed E-state index contributed by atoms with van der Waals surface area (Å²) in [4.78, 5) is 24.0. The highest BCUT2D eigenvalue weighted by Gasteiger charge is 2.22. The number of Topliss-reactive ketones (excluding diaryl/α,β-unsaturated/α-hetero) is 1. The zero-order valence-corrected chi connectivity index (χ0v) is 16.8. The highest BCUT2D eigenvalue weighted by Crippen LogP contribution is 2.31. The Kier molecular flexibility index (Phi) is 5.03. The highest BCUT2D eigenvalue weighted by atomic mass is 79.9. The number of amides is 1. The minimum Gasteiger partial charge on any atom is -0.411 e. The second kappa shape index (κ2) is 7.46. The standard InChI is InChI=1S/C18H11BrClN3O3S/c19-11-3-1-2-9(4-11)17-22-23-18(26-17)27-8-15(24)12-5-10-6-16(25)21-14(10)7-13(12)20/h1-5,7H,6,8H2,(H,21,25). The lowest BCUT2D eigenvalue weighted by atomic mass is 10.1. The maximum atomic E-state index is 12.5. The van der Waals surface area contributed by atoms with Crippen LogP contribution < -0.4 is 5.32 Å². The number of hydrogen-bond acceptors (Lipinski definition) is 6. The van der Waals surface area contributed by atoms with Gasteiger partial charge in [0.25, 0.3) is 5.22 Å². The first-order valence-corrected chi connectivity index (χ1v) is 10.0. The molecule has 0 atom stereocenters. The maximum Gasteiger partial charge on any atom is 0.277 e. The van der Waals surface area contributed by atoms with Crippen molar-refractivity contribution in [1.82, 2.24) is 10.2 Å². The average molecular weight is 465 g/mol. The van der Waals surface area contributed by atoms with Crippen molar-refractivity contribution in [3.63, 3.8) is 0 Å². The fraction of sp³-hybridized carbons (Fsp3) is 0.111. The predicted octanol–water partition coefficient (Wildman–Crippen LogP) is 4.62. The monoisotopic (exact) mass is 463 g/mol. The number of halogens is 2. The van der Waals surface area contributed by atoms with Gasteiger partial charge < -0.3 is 9.73 Å². The van der Waals surface area contributed by atoms with Crippen molar-refractivity contribution >= 4 is 56.7 Å². The summed E-state index contributed by atoms with van der Waals surface area (Å²) in [6.45, 7) is 0. The van der Waals surface area contributed by atoms with Gasteiger partial charge in [-0.25, -0.2) is 0 Å². The number of rotatable bonds is 5. The zero-order valence-electron chi connectivity index (χ0n) is 13.7. The van der Waals surface area contributed by atoms with Crippen molar-refractivity contribution in [1.29, 1.82) is 0 Å². The van der Waals surface area contributed by atoms with Gasteiger partial charge in [0.1, 0.15) is 0 Å². The van der Waals surface area contributed by atoms with E-state index in [2.05, 4.69) is 31.4 Å². The Morgan fingerprint density at radius 1 is 1.30 bits per heavy atom. The molecule has 2 heterocycles. The summed E-state index contributed by atoms with van der Waals surface area (Å²) < 4.78 is 6.51. The summed E-state index contributed by atoms with van der Waals surface area (Å²) in [5.74, 6) is 0.201. The van der Waals surface area contributed by atoms with Gasteiger partial charge in [-0.15, -0.1) is 10.2 Å². The Morgan fingerprint density at radius 2 is 2.15 bits per heavy atom. The molecule has 0 spiro atoms. The molecule has 2 aromatic carbocycles. The van der Waals surface area contributed by atoms with Crippen LogP contribution in [-0.4, -0.2) is 27.6 Å². The maximum absolute atomic E-state index is 12.5. The Bertz CT molecular complexity index is 1070. The largest absolute Gasteiger partial charge is 0.411 e. The van der Waals surface area contributed by atoms with Crippen LogP contribution in [-0.2, 0) is 11.2 Å². The van der Waals surface area contributed by atoms with E-state index in [-0.39, 0.29) is 23.9 Å². The van der Waals surface area contributed by atoms with Crippen LogP contribution in [0.3, 0.4) is 0 Å². The van der Waals surface area contributed by atoms with E-state index >= 15 is 0 Å². The highest BCUT2D eigenvalue weighted by molar-refractivity contribution is 9.10. The molecule has 0 fully saturated rings. The molecule has 0 aliphatic carbocycles. The van der Waals surface area contributed by atoms with Crippen molar-refractivity contribution in [2.45, 2.75) is 11.6 Å². The normalized spacial score (nSPS) is 12.7. The van der Waals surface area contributed by atoms with Gasteiger partial charge in [0.15, 0.2) is 5.78 Å². The predicted molar refractivity (Wildman–Crippen MR) is 106 cm³/mol. The van der Waals surface area contributed by atoms with Crippen LogP contribution in [0.4, 0.5) is 5.69 Å². The lowest BCUT2D eigenvalue weighted by Gasteiger charge is -2.06. The first-order chi connectivity index (χ1) is 13.0. The Balaban J connectivity index is 1.46. The first kappa shape index (κ1) is 18.2. The molecule has 1 aliphatic rings. The van der Waals surface area contributed by atoms with Crippen molar-refractivity contribution in [3.8, 4) is 11.5 Å². The SMILES string of the molecule is O=C1Cc2cc(C(=O)CSc3nnc(-c4cccc(Br)c4)o3)c(Cl)cc2N1. The van der Waals surface area contributed by atoms with Gasteiger partial charge in [0.05, 0.1) is 17.2 Å². The quantitative estimate of drug-likeness (QED) is 0.438. The van der Waals surface area contributed by atoms with Crippen LogP contribution in [0.15, 0.2) is 50.5 Å². The number of nitrogens with one attached hydrogen (secondary N) is 1. The third-order valence-corrected chi connectivity index (χ3v) is 5.55. The topological polar surface area (TPSA) is 85.1 Å². The number of anilines is 1. The van der Waals surface area contributed by atoms with Gasteiger partial charge in [-0.3, -0.25) is 9.59 Å². The lowest BCUT2D eigenvalue weighted by Crippen LogP contribution is -2.04. The molecule has 0 bridgehead atoms. The van der Waals surface area contributed by atoms with E-state index in [9.17, 15) is 9.59 Å². The molecule has 3 aromatic rings. The van der Waals surface area contributed by atoms with Gasteiger partial charge in [-0.1, -0.05) is 45.4 Å². The zero-order chi connectivity index (χ0) is 19.0. The molecule has 0 unspecified atom stereocenters. The van der Waals surface area contributed by atoms with Crippen LogP contribution in [0.25, 0.3) is 11.5 Å². The Morgan fingerprint density at radius 3 is 2.96 bits per heavy atom. The minimum atomic E-state index is -0.172. The molecule has 1 aliphatic heterocycles. The van der Waals surface area contributed by atoms with E-state index in [0.717, 1.165) is 27.4 Å². The third kappa shape index (κ3) is 3.92. The number of nitrogens with zero attached hydrogens (tertiary/aromatic N) is 2. The molecule has 0 saturated heterocycles. The van der Waals surface area contributed by atoms with Gasteiger partial charge in [-0.05, 0) is 35.9 Å². The number of ketones is 1. The number of aromatic nitrogens is 2. The summed E-state index contributed by atoms with van der Waals surface area (Å²) in [7, 11) is 0. The smallest absolute Gasteiger partial charge is 0.277 e. The number of carbonyl (C=O) groups is 2. The molecular formula is C18H11BrClN3O3S. The second-order valence-corrected chi connectivity index (χ2v) is 8.06. The van der Waals surface area contributed by atoms with Crippen LogP contribution in [0.1, 0.15) is 15.9 Å². The van der Waals surface area contributed by atoms with E-state index < -0.39 is 0 Å². The second-order valence-electron chi connectivity index (χ2n) is 5.81. The number of hydrogen-bond donors (Lipinski definition) is 1. The molecule has 4 rings (SSSR count). The lowest BCUT2D eigenvalue weighted by molar-refractivity contribution is -0.115. The van der Waals surface area contributed by atoms with Gasteiger partial charge in [0, 0.05) is 21.3 Å². The molecule has 9 heteroatoms. The molecule has 6 nitrogen and oxygen atoms in total. The van der Waals surface area contributed by atoms with E-state index in [0.29, 0.717) is 27.4 Å². The molecule has 1 N–H and O–H groups in total. The first-order valence-electron chi connectivity index (χ1n) is 7.87. The van der Waals surface area contributed by atoms with Gasteiger partial charge in [0.2, 0.25) is 11.8 Å². The summed E-state index contributed by atoms with van der Waals surface area (Å²) in [6, 6.07) is 10.8. The summed E-state index contributed by atoms with van der Waals surface area (Å²) in [6.07, 6.45) is 0.250. The number of carbonyl (C=O) groups excluding carboxylic acids is 2. The molecule has 136 valence electrons. The van der Waals surface area contributed by atoms with Crippen molar-refractivity contribution in [3.05, 3.63) is 57.0 Å². The summed E-state index contributed by atoms with van der Waals surface area (Å²) in [5, 5.41) is 11.3. The summed E-state index contributed by atoms with van der Waals surface area (Å²) in [5.41, 5.74) is 2.59. The van der Waals surface area contributed by atoms with Crippen molar-refractivity contribution in [2.24, 2.45) is 0 Å². The molecule has 1 aromatic heterocycles. The molecule has 0 saturated carbocycles. The fourth-order valence-corrected chi connectivity index (χ4v) is 3.99. The molecule has 27 heavy (non-hydrogen) atoms.